The average Bonchev–Trinajstić information content (AvgIpc) is 2.88. The third kappa shape index (κ3) is 1.52. The number of esters is 1. The summed E-state index contributed by atoms with van der Waals surface area (Å²) in [6, 6.07) is 4.60. The maximum atomic E-state index is 13.4. The van der Waals surface area contributed by atoms with E-state index in [1.54, 1.807) is 13.0 Å². The van der Waals surface area contributed by atoms with Crippen LogP contribution in [0, 0.1) is 5.82 Å². The molecule has 18 heavy (non-hydrogen) atoms. The smallest absolute Gasteiger partial charge is 0.340 e. The van der Waals surface area contributed by atoms with Gasteiger partial charge in [0, 0.05) is 23.1 Å². The van der Waals surface area contributed by atoms with Crippen LogP contribution in [0.15, 0.2) is 18.2 Å². The summed E-state index contributed by atoms with van der Waals surface area (Å²) < 4.78 is 20.6. The van der Waals surface area contributed by atoms with Gasteiger partial charge in [-0.1, -0.05) is 0 Å². The van der Waals surface area contributed by atoms with Gasteiger partial charge in [-0.05, 0) is 38.0 Å². The van der Waals surface area contributed by atoms with Gasteiger partial charge in [-0.15, -0.1) is 0 Å². The third-order valence-corrected chi connectivity index (χ3v) is 3.41. The van der Waals surface area contributed by atoms with E-state index in [0.29, 0.717) is 17.6 Å². The molecule has 3 rings (SSSR count). The van der Waals surface area contributed by atoms with Gasteiger partial charge in [-0.2, -0.15) is 0 Å². The number of carbonyl (C=O) groups is 1. The van der Waals surface area contributed by atoms with Crippen LogP contribution in [0.5, 0.6) is 0 Å². The summed E-state index contributed by atoms with van der Waals surface area (Å²) >= 11 is 0. The third-order valence-electron chi connectivity index (χ3n) is 3.41. The van der Waals surface area contributed by atoms with E-state index in [2.05, 4.69) is 4.57 Å². The van der Waals surface area contributed by atoms with Gasteiger partial charge in [0.15, 0.2) is 0 Å². The highest BCUT2D eigenvalue weighted by Crippen LogP contribution is 2.32. The van der Waals surface area contributed by atoms with Crippen molar-refractivity contribution >= 4 is 16.9 Å². The van der Waals surface area contributed by atoms with Gasteiger partial charge in [0.05, 0.1) is 12.2 Å². The summed E-state index contributed by atoms with van der Waals surface area (Å²) in [5, 5.41) is 0.670. The van der Waals surface area contributed by atoms with Crippen LogP contribution in [0.1, 0.15) is 29.4 Å². The maximum absolute atomic E-state index is 13.4. The fourth-order valence-electron chi connectivity index (χ4n) is 2.73. The molecule has 1 aromatic heterocycles. The molecule has 1 aromatic carbocycles. The lowest BCUT2D eigenvalue weighted by molar-refractivity contribution is 0.0527. The molecule has 0 bridgehead atoms. The quantitative estimate of drug-likeness (QED) is 0.764. The fraction of sp³-hybridized carbons (Fsp3) is 0.357. The number of benzene rings is 1. The summed E-state index contributed by atoms with van der Waals surface area (Å²) in [5.74, 6) is -0.666. The van der Waals surface area contributed by atoms with Crippen molar-refractivity contribution in [2.45, 2.75) is 26.3 Å². The molecule has 0 saturated heterocycles. The van der Waals surface area contributed by atoms with Crippen LogP contribution in [-0.2, 0) is 17.7 Å². The Labute approximate surface area is 104 Å². The minimum atomic E-state index is -0.344. The zero-order valence-electron chi connectivity index (χ0n) is 10.2. The van der Waals surface area contributed by atoms with Crippen molar-refractivity contribution in [2.24, 2.45) is 0 Å². The summed E-state index contributed by atoms with van der Waals surface area (Å²) in [7, 11) is 0. The molecule has 94 valence electrons. The summed E-state index contributed by atoms with van der Waals surface area (Å²) in [6.07, 6.45) is 1.87. The Morgan fingerprint density at radius 1 is 1.50 bits per heavy atom. The Bertz CT molecular complexity index is 630. The van der Waals surface area contributed by atoms with Crippen molar-refractivity contribution in [3.63, 3.8) is 0 Å². The minimum Gasteiger partial charge on any atom is -0.462 e. The van der Waals surface area contributed by atoms with Crippen molar-refractivity contribution in [3.8, 4) is 0 Å². The molecule has 0 unspecified atom stereocenters. The molecule has 1 aliphatic heterocycles. The van der Waals surface area contributed by atoms with Crippen LogP contribution >= 0.6 is 0 Å². The van der Waals surface area contributed by atoms with Gasteiger partial charge in [-0.3, -0.25) is 0 Å². The molecule has 0 aliphatic carbocycles. The number of nitrogens with zero attached hydrogens (tertiary/aromatic N) is 1. The van der Waals surface area contributed by atoms with Crippen LogP contribution in [0.3, 0.4) is 0 Å². The van der Waals surface area contributed by atoms with Crippen LogP contribution in [0.25, 0.3) is 10.9 Å². The van der Waals surface area contributed by atoms with E-state index < -0.39 is 0 Å². The number of hydrogen-bond donors (Lipinski definition) is 0. The Hall–Kier alpha value is -1.84. The lowest BCUT2D eigenvalue weighted by Gasteiger charge is -2.02. The molecule has 0 atom stereocenters. The Morgan fingerprint density at radius 2 is 2.33 bits per heavy atom. The summed E-state index contributed by atoms with van der Waals surface area (Å²) in [5.41, 5.74) is 2.45. The van der Waals surface area contributed by atoms with Crippen LogP contribution in [0.2, 0.25) is 0 Å². The van der Waals surface area contributed by atoms with Crippen LogP contribution in [0.4, 0.5) is 4.39 Å². The van der Waals surface area contributed by atoms with E-state index in [1.165, 1.54) is 12.1 Å². The number of halogens is 1. The second-order valence-corrected chi connectivity index (χ2v) is 4.46. The molecule has 0 fully saturated rings. The lowest BCUT2D eigenvalue weighted by atomic mass is 10.1. The van der Waals surface area contributed by atoms with Crippen molar-refractivity contribution in [1.29, 1.82) is 0 Å². The number of ether oxygens (including phenoxy) is 1. The zero-order chi connectivity index (χ0) is 12.7. The molecule has 0 N–H and O–H groups in total. The predicted octanol–water partition coefficient (Wildman–Crippen LogP) is 2.90. The van der Waals surface area contributed by atoms with Crippen molar-refractivity contribution in [3.05, 3.63) is 35.3 Å². The fourth-order valence-corrected chi connectivity index (χ4v) is 2.73. The van der Waals surface area contributed by atoms with E-state index in [4.69, 9.17) is 4.74 Å². The zero-order valence-corrected chi connectivity index (χ0v) is 10.2. The highest BCUT2D eigenvalue weighted by atomic mass is 19.1. The first-order valence-electron chi connectivity index (χ1n) is 6.20. The molecule has 0 radical (unpaired) electrons. The average molecular weight is 247 g/mol. The van der Waals surface area contributed by atoms with Gasteiger partial charge in [0.25, 0.3) is 0 Å². The number of aromatic nitrogens is 1. The number of rotatable bonds is 2. The number of hydrogen-bond acceptors (Lipinski definition) is 2. The summed E-state index contributed by atoms with van der Waals surface area (Å²) in [4.78, 5) is 12.0. The molecule has 0 saturated carbocycles. The van der Waals surface area contributed by atoms with Crippen molar-refractivity contribution < 1.29 is 13.9 Å². The minimum absolute atomic E-state index is 0.322. The molecule has 2 aromatic rings. The largest absolute Gasteiger partial charge is 0.462 e. The highest BCUT2D eigenvalue weighted by Gasteiger charge is 2.26. The number of fused-ring (bicyclic) bond motifs is 3. The standard InChI is InChI=1S/C14H14FNO2/c1-2-18-14(17)13-10-8-9(15)5-6-11(10)16-7-3-4-12(13)16/h5-6,8H,2-4,7H2,1H3. The number of carbonyl (C=O) groups excluding carboxylic acids is 1. The molecule has 0 amide bonds. The first kappa shape index (κ1) is 11.3. The second-order valence-electron chi connectivity index (χ2n) is 4.46. The number of aryl methyl sites for hydroxylation is 1. The Kier molecular flexibility index (Phi) is 2.58. The summed E-state index contributed by atoms with van der Waals surface area (Å²) in [6.45, 7) is 2.99. The van der Waals surface area contributed by atoms with Crippen molar-refractivity contribution in [2.75, 3.05) is 6.61 Å². The highest BCUT2D eigenvalue weighted by molar-refractivity contribution is 6.06. The lowest BCUT2D eigenvalue weighted by Crippen LogP contribution is -2.06. The van der Waals surface area contributed by atoms with Gasteiger partial charge >= 0.3 is 5.97 Å². The SMILES string of the molecule is CCOC(=O)c1c2n(c3ccc(F)cc13)CCC2. The first-order valence-corrected chi connectivity index (χ1v) is 6.20. The van der Waals surface area contributed by atoms with Gasteiger partial charge in [-0.25, -0.2) is 9.18 Å². The van der Waals surface area contributed by atoms with E-state index in [1.807, 2.05) is 0 Å². The monoisotopic (exact) mass is 247 g/mol. The van der Waals surface area contributed by atoms with E-state index in [0.717, 1.165) is 30.6 Å². The van der Waals surface area contributed by atoms with E-state index >= 15 is 0 Å². The Balaban J connectivity index is 2.28. The normalized spacial score (nSPS) is 13.9. The van der Waals surface area contributed by atoms with Gasteiger partial charge in [0.2, 0.25) is 0 Å². The van der Waals surface area contributed by atoms with Crippen molar-refractivity contribution in [1.82, 2.24) is 4.57 Å². The predicted molar refractivity (Wildman–Crippen MR) is 66.2 cm³/mol. The van der Waals surface area contributed by atoms with Gasteiger partial charge in [0.1, 0.15) is 5.82 Å². The second kappa shape index (κ2) is 4.12. The molecule has 1 aliphatic rings. The molecule has 4 heteroatoms. The maximum Gasteiger partial charge on any atom is 0.340 e. The molecule has 2 heterocycles. The van der Waals surface area contributed by atoms with Gasteiger partial charge < -0.3 is 9.30 Å². The van der Waals surface area contributed by atoms with E-state index in [-0.39, 0.29) is 11.8 Å². The first-order chi connectivity index (χ1) is 8.72. The topological polar surface area (TPSA) is 31.2 Å². The molecule has 0 spiro atoms. The molecular weight excluding hydrogens is 233 g/mol. The van der Waals surface area contributed by atoms with Crippen LogP contribution < -0.4 is 0 Å². The Morgan fingerprint density at radius 3 is 3.11 bits per heavy atom. The van der Waals surface area contributed by atoms with E-state index in [9.17, 15) is 9.18 Å². The molecular formula is C14H14FNO2. The van der Waals surface area contributed by atoms with Crippen LogP contribution in [-0.4, -0.2) is 17.1 Å². The molecule has 3 nitrogen and oxygen atoms in total.